The molecule has 3 aromatic rings. The first kappa shape index (κ1) is 18.1. The zero-order valence-electron chi connectivity index (χ0n) is 16.1. The molecule has 0 bridgehead atoms. The van der Waals surface area contributed by atoms with Crippen molar-refractivity contribution in [1.29, 1.82) is 0 Å². The van der Waals surface area contributed by atoms with Gasteiger partial charge in [0.15, 0.2) is 0 Å². The first-order chi connectivity index (χ1) is 14.2. The molecule has 8 heteroatoms. The topological polar surface area (TPSA) is 78.7 Å². The van der Waals surface area contributed by atoms with Crippen molar-refractivity contribution in [3.05, 3.63) is 54.5 Å². The highest BCUT2D eigenvalue weighted by Gasteiger charge is 2.38. The third-order valence-electron chi connectivity index (χ3n) is 5.59. The van der Waals surface area contributed by atoms with E-state index in [0.29, 0.717) is 31.9 Å². The van der Waals surface area contributed by atoms with E-state index in [2.05, 4.69) is 25.5 Å². The molecule has 0 N–H and O–H groups in total. The van der Waals surface area contributed by atoms with Crippen molar-refractivity contribution < 1.29 is 19.0 Å². The Morgan fingerprint density at radius 3 is 2.52 bits per heavy atom. The van der Waals surface area contributed by atoms with Crippen molar-refractivity contribution in [3.63, 3.8) is 0 Å². The van der Waals surface area contributed by atoms with Crippen LogP contribution in [0.5, 0.6) is 0 Å². The van der Waals surface area contributed by atoms with Crippen molar-refractivity contribution in [2.24, 2.45) is 0 Å². The number of aromatic nitrogens is 3. The average molecular weight is 394 g/mol. The first-order valence-electron chi connectivity index (χ1n) is 9.67. The number of hydrogen-bond acceptors (Lipinski definition) is 7. The molecule has 0 amide bonds. The number of ether oxygens (including phenoxy) is 3. The minimum Gasteiger partial charge on any atom is -0.465 e. The van der Waals surface area contributed by atoms with E-state index in [1.54, 1.807) is 6.07 Å². The van der Waals surface area contributed by atoms with Crippen LogP contribution in [0.15, 0.2) is 48.9 Å². The highest BCUT2D eigenvalue weighted by Crippen LogP contribution is 2.28. The number of carbonyl (C=O) groups excluding carboxylic acids is 1. The van der Waals surface area contributed by atoms with E-state index in [-0.39, 0.29) is 24.2 Å². The minimum absolute atomic E-state index is 0.0168. The van der Waals surface area contributed by atoms with Gasteiger partial charge in [-0.2, -0.15) is 0 Å². The molecule has 2 aliphatic heterocycles. The summed E-state index contributed by atoms with van der Waals surface area (Å²) < 4.78 is 19.3. The number of anilines is 1. The van der Waals surface area contributed by atoms with Gasteiger partial charge in [-0.1, -0.05) is 12.1 Å². The summed E-state index contributed by atoms with van der Waals surface area (Å²) in [5.74, 6) is 0.412. The van der Waals surface area contributed by atoms with Gasteiger partial charge >= 0.3 is 5.97 Å². The van der Waals surface area contributed by atoms with Crippen molar-refractivity contribution in [3.8, 4) is 0 Å². The monoisotopic (exact) mass is 394 g/mol. The molecular weight excluding hydrogens is 372 g/mol. The van der Waals surface area contributed by atoms with E-state index in [1.165, 1.54) is 13.3 Å². The molecule has 29 heavy (non-hydrogen) atoms. The molecule has 2 aliphatic rings. The van der Waals surface area contributed by atoms with Crippen molar-refractivity contribution in [2.75, 3.05) is 38.3 Å². The van der Waals surface area contributed by atoms with Gasteiger partial charge in [-0.15, -0.1) is 0 Å². The van der Waals surface area contributed by atoms with E-state index in [1.807, 2.05) is 30.6 Å². The van der Waals surface area contributed by atoms with E-state index in [4.69, 9.17) is 14.2 Å². The number of imidazole rings is 1. The quantitative estimate of drug-likeness (QED) is 0.629. The maximum Gasteiger partial charge on any atom is 0.339 e. The molecule has 0 aliphatic carbocycles. The lowest BCUT2D eigenvalue weighted by Gasteiger charge is -2.20. The largest absolute Gasteiger partial charge is 0.465 e. The number of hydrogen-bond donors (Lipinski definition) is 0. The van der Waals surface area contributed by atoms with Crippen molar-refractivity contribution >= 4 is 22.8 Å². The van der Waals surface area contributed by atoms with Gasteiger partial charge in [0.05, 0.1) is 49.3 Å². The maximum absolute atomic E-state index is 11.6. The summed E-state index contributed by atoms with van der Waals surface area (Å²) in [4.78, 5) is 22.6. The molecule has 0 unspecified atom stereocenters. The maximum atomic E-state index is 11.6. The molecule has 2 fully saturated rings. The van der Waals surface area contributed by atoms with Gasteiger partial charge in [0.2, 0.25) is 0 Å². The molecule has 5 rings (SSSR count). The second-order valence-corrected chi connectivity index (χ2v) is 7.34. The summed E-state index contributed by atoms with van der Waals surface area (Å²) in [6, 6.07) is 11.7. The highest BCUT2D eigenvalue weighted by molar-refractivity contribution is 5.89. The van der Waals surface area contributed by atoms with Gasteiger partial charge in [0, 0.05) is 19.3 Å². The summed E-state index contributed by atoms with van der Waals surface area (Å²) in [5.41, 5.74) is 2.51. The van der Waals surface area contributed by atoms with Crippen LogP contribution in [0.2, 0.25) is 0 Å². The number of para-hydroxylation sites is 2. The normalized spacial score (nSPS) is 22.4. The molecule has 4 heterocycles. The summed E-state index contributed by atoms with van der Waals surface area (Å²) >= 11 is 0. The smallest absolute Gasteiger partial charge is 0.339 e. The molecule has 2 saturated heterocycles. The number of esters is 1. The lowest BCUT2D eigenvalue weighted by atomic mass is 10.2. The fourth-order valence-electron chi connectivity index (χ4n) is 4.01. The van der Waals surface area contributed by atoms with Crippen LogP contribution >= 0.6 is 0 Å². The molecule has 1 aromatic carbocycles. The number of pyridine rings is 1. The van der Waals surface area contributed by atoms with E-state index < -0.39 is 0 Å². The number of carbonyl (C=O) groups is 1. The Kier molecular flexibility index (Phi) is 4.65. The number of benzene rings is 1. The second-order valence-electron chi connectivity index (χ2n) is 7.34. The lowest BCUT2D eigenvalue weighted by Crippen LogP contribution is -2.27. The van der Waals surface area contributed by atoms with Gasteiger partial charge in [0.25, 0.3) is 0 Å². The molecular formula is C21H22N4O4. The van der Waals surface area contributed by atoms with Crippen LogP contribution in [0.4, 0.5) is 5.82 Å². The Morgan fingerprint density at radius 1 is 1.07 bits per heavy atom. The average Bonchev–Trinajstić information content (AvgIpc) is 3.33. The Balaban J connectivity index is 1.26. The zero-order chi connectivity index (χ0) is 19.8. The second kappa shape index (κ2) is 7.46. The number of rotatable bonds is 3. The van der Waals surface area contributed by atoms with Gasteiger partial charge < -0.3 is 23.7 Å². The van der Waals surface area contributed by atoms with E-state index in [0.717, 1.165) is 16.9 Å². The third kappa shape index (κ3) is 3.34. The molecule has 0 spiro atoms. The predicted octanol–water partition coefficient (Wildman–Crippen LogP) is 2.06. The van der Waals surface area contributed by atoms with E-state index in [9.17, 15) is 4.79 Å². The van der Waals surface area contributed by atoms with Gasteiger partial charge in [-0.3, -0.25) is 0 Å². The summed E-state index contributed by atoms with van der Waals surface area (Å²) in [6.07, 6.45) is 3.37. The Hall–Kier alpha value is -2.97. The Morgan fingerprint density at radius 2 is 1.83 bits per heavy atom. The standard InChI is InChI=1S/C21H22N4O4/c1-27-21(26)14-6-7-20(22-8-14)24-9-18-19(10-24)29-12-15(11-28-18)25-13-23-16-4-2-3-5-17(16)25/h2-8,13,15,18-19H,9-12H2,1H3/t18-,19-/m0/s1. The van der Waals surface area contributed by atoms with E-state index >= 15 is 0 Å². The summed E-state index contributed by atoms with van der Waals surface area (Å²) in [6.45, 7) is 2.55. The van der Waals surface area contributed by atoms with Crippen LogP contribution < -0.4 is 4.90 Å². The van der Waals surface area contributed by atoms with Crippen molar-refractivity contribution in [2.45, 2.75) is 18.2 Å². The summed E-state index contributed by atoms with van der Waals surface area (Å²) in [5, 5.41) is 0. The molecule has 2 atom stereocenters. The van der Waals surface area contributed by atoms with Crippen LogP contribution in [0.25, 0.3) is 11.0 Å². The molecule has 0 radical (unpaired) electrons. The number of nitrogens with zero attached hydrogens (tertiary/aromatic N) is 4. The van der Waals surface area contributed by atoms with Crippen LogP contribution in [0.3, 0.4) is 0 Å². The minimum atomic E-state index is -0.389. The third-order valence-corrected chi connectivity index (χ3v) is 5.59. The summed E-state index contributed by atoms with van der Waals surface area (Å²) in [7, 11) is 1.36. The zero-order valence-corrected chi connectivity index (χ0v) is 16.1. The molecule has 150 valence electrons. The molecule has 8 nitrogen and oxygen atoms in total. The first-order valence-corrected chi connectivity index (χ1v) is 9.67. The predicted molar refractivity (Wildman–Crippen MR) is 106 cm³/mol. The van der Waals surface area contributed by atoms with Gasteiger partial charge in [-0.25, -0.2) is 14.8 Å². The highest BCUT2D eigenvalue weighted by atomic mass is 16.6. The van der Waals surface area contributed by atoms with Gasteiger partial charge in [0.1, 0.15) is 18.0 Å². The Bertz CT molecular complexity index is 1000. The molecule has 0 saturated carbocycles. The lowest BCUT2D eigenvalue weighted by molar-refractivity contribution is -0.00461. The fraction of sp³-hybridized carbons (Fsp3) is 0.381. The van der Waals surface area contributed by atoms with Crippen LogP contribution in [0, 0.1) is 0 Å². The molecule has 2 aromatic heterocycles. The SMILES string of the molecule is COC(=O)c1ccc(N2C[C@@H]3OCC(n4cnc5ccccc54)CO[C@H]3C2)nc1. The van der Waals surface area contributed by atoms with Crippen LogP contribution in [-0.2, 0) is 14.2 Å². The number of methoxy groups -OCH3 is 1. The number of fused-ring (bicyclic) bond motifs is 2. The fourth-order valence-corrected chi connectivity index (χ4v) is 4.01. The Labute approximate surface area is 168 Å². The van der Waals surface area contributed by atoms with Crippen LogP contribution in [0.1, 0.15) is 16.4 Å². The van der Waals surface area contributed by atoms with Crippen LogP contribution in [-0.4, -0.2) is 66.1 Å². The van der Waals surface area contributed by atoms with Gasteiger partial charge in [-0.05, 0) is 24.3 Å². The van der Waals surface area contributed by atoms with Crippen molar-refractivity contribution in [1.82, 2.24) is 14.5 Å².